The Hall–Kier alpha value is -2.02. The van der Waals surface area contributed by atoms with Crippen LogP contribution in [0.25, 0.3) is 0 Å². The molecule has 2 aliphatic heterocycles. The van der Waals surface area contributed by atoms with E-state index in [1.165, 1.54) is 18.5 Å². The number of nitrogens with one attached hydrogen (secondary N) is 2. The molecule has 1 atom stereocenters. The Balaban J connectivity index is 1.60. The summed E-state index contributed by atoms with van der Waals surface area (Å²) in [5.74, 6) is 0. The van der Waals surface area contributed by atoms with E-state index in [2.05, 4.69) is 27.7 Å². The van der Waals surface area contributed by atoms with Gasteiger partial charge in [-0.15, -0.1) is 0 Å². The Morgan fingerprint density at radius 3 is 2.57 bits per heavy atom. The van der Waals surface area contributed by atoms with Gasteiger partial charge in [-0.05, 0) is 49.3 Å². The third kappa shape index (κ3) is 3.67. The van der Waals surface area contributed by atoms with Crippen molar-refractivity contribution in [2.24, 2.45) is 0 Å². The van der Waals surface area contributed by atoms with E-state index in [0.29, 0.717) is 18.2 Å². The monoisotopic (exact) mass is 334 g/mol. The average Bonchev–Trinajstić information content (AvgIpc) is 3.22. The first-order chi connectivity index (χ1) is 11.2. The summed E-state index contributed by atoms with van der Waals surface area (Å²) in [6, 6.07) is 8.14. The molecule has 0 radical (unpaired) electrons. The lowest BCUT2D eigenvalue weighted by Gasteiger charge is -2.19. The molecule has 2 heterocycles. The first kappa shape index (κ1) is 15.9. The van der Waals surface area contributed by atoms with Crippen molar-refractivity contribution in [2.45, 2.75) is 18.9 Å². The molecule has 3 rings (SSSR count). The van der Waals surface area contributed by atoms with Crippen molar-refractivity contribution in [3.63, 3.8) is 0 Å². The largest absolute Gasteiger partial charge is 0.442 e. The molecule has 2 aliphatic rings. The SMILES string of the molecule is CNC(=S)NC[C@H]1CN(c2ccc(N3CCCC3)cc2)C(=O)O1. The standard InChI is InChI=1S/C16H22N4O2S/c1-17-15(23)18-10-14-11-20(16(21)22-14)13-6-4-12(5-7-13)19-8-2-3-9-19/h4-7,14H,2-3,8-11H2,1H3,(H2,17,18,23)/t14-/m0/s1. The second-order valence-electron chi connectivity index (χ2n) is 5.79. The molecule has 1 aromatic rings. The Bertz CT molecular complexity index is 572. The Morgan fingerprint density at radius 2 is 1.91 bits per heavy atom. The van der Waals surface area contributed by atoms with Gasteiger partial charge in [-0.2, -0.15) is 0 Å². The molecule has 0 saturated carbocycles. The lowest BCUT2D eigenvalue weighted by molar-refractivity contribution is 0.143. The number of carbonyl (C=O) groups excluding carboxylic acids is 1. The zero-order chi connectivity index (χ0) is 16.2. The molecule has 0 unspecified atom stereocenters. The van der Waals surface area contributed by atoms with Gasteiger partial charge in [0.25, 0.3) is 0 Å². The van der Waals surface area contributed by atoms with Crippen molar-refractivity contribution >= 4 is 34.8 Å². The highest BCUT2D eigenvalue weighted by Crippen LogP contribution is 2.26. The fourth-order valence-corrected chi connectivity index (χ4v) is 3.04. The molecule has 7 heteroatoms. The van der Waals surface area contributed by atoms with Crippen molar-refractivity contribution in [1.29, 1.82) is 0 Å². The van der Waals surface area contributed by atoms with Gasteiger partial charge in [-0.25, -0.2) is 4.79 Å². The van der Waals surface area contributed by atoms with Gasteiger partial charge >= 0.3 is 6.09 Å². The van der Waals surface area contributed by atoms with Crippen molar-refractivity contribution in [3.05, 3.63) is 24.3 Å². The van der Waals surface area contributed by atoms with Crippen LogP contribution >= 0.6 is 12.2 Å². The van der Waals surface area contributed by atoms with Crippen molar-refractivity contribution in [2.75, 3.05) is 43.0 Å². The topological polar surface area (TPSA) is 56.8 Å². The van der Waals surface area contributed by atoms with E-state index in [1.54, 1.807) is 11.9 Å². The lowest BCUT2D eigenvalue weighted by Crippen LogP contribution is -2.39. The van der Waals surface area contributed by atoms with E-state index in [0.717, 1.165) is 18.8 Å². The van der Waals surface area contributed by atoms with E-state index < -0.39 is 0 Å². The predicted molar refractivity (Wildman–Crippen MR) is 95.2 cm³/mol. The Labute approximate surface area is 141 Å². The van der Waals surface area contributed by atoms with Crippen molar-refractivity contribution < 1.29 is 9.53 Å². The van der Waals surface area contributed by atoms with Gasteiger partial charge in [0.1, 0.15) is 6.10 Å². The average molecular weight is 334 g/mol. The number of hydrogen-bond acceptors (Lipinski definition) is 4. The summed E-state index contributed by atoms with van der Waals surface area (Å²) >= 11 is 5.03. The highest BCUT2D eigenvalue weighted by atomic mass is 32.1. The quantitative estimate of drug-likeness (QED) is 0.818. The summed E-state index contributed by atoms with van der Waals surface area (Å²) in [5.41, 5.74) is 2.09. The molecule has 0 bridgehead atoms. The van der Waals surface area contributed by atoms with Crippen LogP contribution < -0.4 is 20.4 Å². The number of anilines is 2. The number of rotatable bonds is 4. The van der Waals surface area contributed by atoms with Crippen LogP contribution in [-0.2, 0) is 4.74 Å². The van der Waals surface area contributed by atoms with E-state index >= 15 is 0 Å². The van der Waals surface area contributed by atoms with Crippen LogP contribution in [0, 0.1) is 0 Å². The summed E-state index contributed by atoms with van der Waals surface area (Å²) in [6.45, 7) is 3.27. The molecular formula is C16H22N4O2S. The molecule has 0 aromatic heterocycles. The highest BCUT2D eigenvalue weighted by Gasteiger charge is 2.32. The van der Waals surface area contributed by atoms with Gasteiger partial charge in [0.2, 0.25) is 0 Å². The third-order valence-electron chi connectivity index (χ3n) is 4.22. The minimum absolute atomic E-state index is 0.202. The van der Waals surface area contributed by atoms with Gasteiger partial charge in [-0.1, -0.05) is 0 Å². The van der Waals surface area contributed by atoms with E-state index in [4.69, 9.17) is 17.0 Å². The van der Waals surface area contributed by atoms with E-state index in [9.17, 15) is 4.79 Å². The molecule has 1 aromatic carbocycles. The maximum atomic E-state index is 12.1. The highest BCUT2D eigenvalue weighted by molar-refractivity contribution is 7.80. The van der Waals surface area contributed by atoms with E-state index in [1.807, 2.05) is 12.1 Å². The zero-order valence-electron chi connectivity index (χ0n) is 13.2. The summed E-state index contributed by atoms with van der Waals surface area (Å²) in [4.78, 5) is 16.1. The minimum Gasteiger partial charge on any atom is -0.442 e. The van der Waals surface area contributed by atoms with Gasteiger partial charge in [0.05, 0.1) is 13.1 Å². The minimum atomic E-state index is -0.305. The molecular weight excluding hydrogens is 312 g/mol. The number of nitrogens with zero attached hydrogens (tertiary/aromatic N) is 2. The fourth-order valence-electron chi connectivity index (χ4n) is 2.95. The van der Waals surface area contributed by atoms with Gasteiger partial charge in [-0.3, -0.25) is 4.90 Å². The van der Waals surface area contributed by atoms with Crippen molar-refractivity contribution in [3.8, 4) is 0 Å². The molecule has 2 fully saturated rings. The van der Waals surface area contributed by atoms with Crippen LogP contribution in [0.1, 0.15) is 12.8 Å². The van der Waals surface area contributed by atoms with Gasteiger partial charge in [0.15, 0.2) is 5.11 Å². The summed E-state index contributed by atoms with van der Waals surface area (Å²) in [6.07, 6.45) is 2.00. The number of benzene rings is 1. The summed E-state index contributed by atoms with van der Waals surface area (Å²) in [7, 11) is 1.75. The predicted octanol–water partition coefficient (Wildman–Crippen LogP) is 1.71. The van der Waals surface area contributed by atoms with E-state index in [-0.39, 0.29) is 12.2 Å². The van der Waals surface area contributed by atoms with Crippen LogP contribution in [-0.4, -0.2) is 50.5 Å². The number of amides is 1. The van der Waals surface area contributed by atoms with Crippen LogP contribution in [0.4, 0.5) is 16.2 Å². The first-order valence-electron chi connectivity index (χ1n) is 7.96. The molecule has 2 N–H and O–H groups in total. The number of ether oxygens (including phenoxy) is 1. The maximum absolute atomic E-state index is 12.1. The van der Waals surface area contributed by atoms with Gasteiger partial charge < -0.3 is 20.3 Å². The fraction of sp³-hybridized carbons (Fsp3) is 0.500. The Kier molecular flexibility index (Phi) is 4.85. The number of thiocarbonyl (C=S) groups is 1. The molecule has 1 amide bonds. The number of cyclic esters (lactones) is 1. The Morgan fingerprint density at radius 1 is 1.26 bits per heavy atom. The summed E-state index contributed by atoms with van der Waals surface area (Å²) < 4.78 is 5.38. The number of carbonyl (C=O) groups is 1. The molecule has 0 spiro atoms. The third-order valence-corrected chi connectivity index (χ3v) is 4.57. The molecule has 23 heavy (non-hydrogen) atoms. The van der Waals surface area contributed by atoms with Crippen LogP contribution in [0.5, 0.6) is 0 Å². The molecule has 124 valence electrons. The van der Waals surface area contributed by atoms with Gasteiger partial charge in [0, 0.05) is 31.5 Å². The van der Waals surface area contributed by atoms with Crippen LogP contribution in [0.2, 0.25) is 0 Å². The summed E-state index contributed by atoms with van der Waals surface area (Å²) in [5, 5.41) is 6.41. The second-order valence-corrected chi connectivity index (χ2v) is 6.20. The van der Waals surface area contributed by atoms with Crippen molar-refractivity contribution in [1.82, 2.24) is 10.6 Å². The lowest BCUT2D eigenvalue weighted by atomic mass is 10.2. The first-order valence-corrected chi connectivity index (χ1v) is 8.37. The smallest absolute Gasteiger partial charge is 0.414 e. The zero-order valence-corrected chi connectivity index (χ0v) is 14.1. The van der Waals surface area contributed by atoms with Crippen LogP contribution in [0.15, 0.2) is 24.3 Å². The second kappa shape index (κ2) is 7.04. The molecule has 6 nitrogen and oxygen atoms in total. The normalized spacial score (nSPS) is 20.6. The van der Waals surface area contributed by atoms with Crippen LogP contribution in [0.3, 0.4) is 0 Å². The molecule has 0 aliphatic carbocycles. The number of hydrogen-bond donors (Lipinski definition) is 2. The molecule has 2 saturated heterocycles. The maximum Gasteiger partial charge on any atom is 0.414 e.